The molecule has 7 nitrogen and oxygen atoms in total. The normalized spacial score (nSPS) is 13.1. The van der Waals surface area contributed by atoms with Crippen molar-refractivity contribution in [2.45, 2.75) is 37.1 Å². The number of aromatic nitrogens is 1. The average Bonchev–Trinajstić information content (AvgIpc) is 3.39. The van der Waals surface area contributed by atoms with Gasteiger partial charge in [0.05, 0.1) is 11.3 Å². The van der Waals surface area contributed by atoms with Crippen LogP contribution in [-0.4, -0.2) is 31.5 Å². The van der Waals surface area contributed by atoms with E-state index < -0.39 is 16.0 Å². The maximum absolute atomic E-state index is 13.1. The van der Waals surface area contributed by atoms with Gasteiger partial charge in [0.15, 0.2) is 0 Å². The number of hydrogen-bond donors (Lipinski definition) is 1. The molecule has 0 radical (unpaired) electrons. The van der Waals surface area contributed by atoms with Crippen molar-refractivity contribution in [3.63, 3.8) is 0 Å². The Balaban J connectivity index is 1.65. The zero-order valence-electron chi connectivity index (χ0n) is 17.2. The summed E-state index contributed by atoms with van der Waals surface area (Å²) in [5.41, 5.74) is 4.41. The molecular weight excluding hydrogens is 436 g/mol. The monoisotopic (exact) mass is 458 g/mol. The largest absolute Gasteiger partial charge is 0.487 e. The fourth-order valence-corrected chi connectivity index (χ4v) is 5.93. The second-order valence-electron chi connectivity index (χ2n) is 7.46. The molecule has 1 aromatic heterocycles. The summed E-state index contributed by atoms with van der Waals surface area (Å²) in [4.78, 5) is 15.2. The molecule has 1 aliphatic rings. The number of nitrogens with zero attached hydrogens (tertiary/aromatic N) is 2. The minimum Gasteiger partial charge on any atom is -0.487 e. The molecule has 0 amide bonds. The van der Waals surface area contributed by atoms with Gasteiger partial charge in [0.1, 0.15) is 12.4 Å². The van der Waals surface area contributed by atoms with Crippen LogP contribution in [0.4, 0.5) is 5.69 Å². The van der Waals surface area contributed by atoms with E-state index in [0.717, 1.165) is 47.3 Å². The molecule has 0 bridgehead atoms. The third-order valence-electron chi connectivity index (χ3n) is 5.29. The summed E-state index contributed by atoms with van der Waals surface area (Å²) in [5.74, 6) is -0.514. The Kier molecular flexibility index (Phi) is 5.72. The molecule has 4 rings (SSSR count). The fourth-order valence-electron chi connectivity index (χ4n) is 3.55. The van der Waals surface area contributed by atoms with Crippen molar-refractivity contribution in [3.05, 3.63) is 69.7 Å². The van der Waals surface area contributed by atoms with Crippen molar-refractivity contribution in [1.29, 1.82) is 0 Å². The Labute approximate surface area is 185 Å². The van der Waals surface area contributed by atoms with Crippen LogP contribution in [0.5, 0.6) is 5.75 Å². The van der Waals surface area contributed by atoms with Crippen LogP contribution in [-0.2, 0) is 29.5 Å². The molecule has 0 fully saturated rings. The number of fused-ring (bicyclic) bond motifs is 1. The molecule has 31 heavy (non-hydrogen) atoms. The van der Waals surface area contributed by atoms with E-state index in [9.17, 15) is 13.2 Å². The summed E-state index contributed by atoms with van der Waals surface area (Å²) < 4.78 is 33.6. The minimum absolute atomic E-state index is 0.0446. The molecule has 2 aromatic carbocycles. The number of aryl methyl sites for hydroxylation is 3. The number of carboxylic acid groups (broad SMARTS) is 1. The van der Waals surface area contributed by atoms with Crippen LogP contribution in [0.2, 0.25) is 0 Å². The highest BCUT2D eigenvalue weighted by Gasteiger charge is 2.28. The Morgan fingerprint density at radius 1 is 1.19 bits per heavy atom. The van der Waals surface area contributed by atoms with E-state index in [1.54, 1.807) is 24.4 Å². The lowest BCUT2D eigenvalue weighted by Crippen LogP contribution is -2.27. The average molecular weight is 459 g/mol. The van der Waals surface area contributed by atoms with Crippen LogP contribution in [0.3, 0.4) is 0 Å². The Bertz CT molecular complexity index is 1230. The SMILES string of the molecule is Cc1csc(S(=O)(=O)N(C)c2cc3c(cc2OCc2ccc(C(=O)O)cc2)CCC3)n1. The van der Waals surface area contributed by atoms with Crippen LogP contribution in [0.25, 0.3) is 0 Å². The molecule has 1 aliphatic carbocycles. The molecule has 9 heteroatoms. The molecule has 0 aliphatic heterocycles. The van der Waals surface area contributed by atoms with Crippen LogP contribution in [0.1, 0.15) is 39.2 Å². The Morgan fingerprint density at radius 2 is 1.87 bits per heavy atom. The smallest absolute Gasteiger partial charge is 0.335 e. The van der Waals surface area contributed by atoms with E-state index in [2.05, 4.69) is 4.98 Å². The number of thiazole rings is 1. The number of carboxylic acids is 1. The molecule has 162 valence electrons. The summed E-state index contributed by atoms with van der Waals surface area (Å²) in [7, 11) is -2.30. The highest BCUT2D eigenvalue weighted by atomic mass is 32.2. The van der Waals surface area contributed by atoms with Gasteiger partial charge in [0, 0.05) is 18.1 Å². The van der Waals surface area contributed by atoms with Gasteiger partial charge >= 0.3 is 5.97 Å². The first-order valence-corrected chi connectivity index (χ1v) is 12.1. The maximum Gasteiger partial charge on any atom is 0.335 e. The lowest BCUT2D eigenvalue weighted by Gasteiger charge is -2.22. The van der Waals surface area contributed by atoms with Crippen molar-refractivity contribution in [2.75, 3.05) is 11.4 Å². The number of ether oxygens (including phenoxy) is 1. The number of anilines is 1. The molecule has 0 saturated heterocycles. The summed E-state index contributed by atoms with van der Waals surface area (Å²) in [6.07, 6.45) is 2.86. The standard InChI is InChI=1S/C22H22N2O5S2/c1-14-13-30-22(23-14)31(27,28)24(2)19-10-17-4-3-5-18(17)11-20(19)29-12-15-6-8-16(9-7-15)21(25)26/h6-11,13H,3-5,12H2,1-2H3,(H,25,26). The van der Waals surface area contributed by atoms with Gasteiger partial charge in [0.2, 0.25) is 4.34 Å². The summed E-state index contributed by atoms with van der Waals surface area (Å²) in [6, 6.07) is 10.2. The van der Waals surface area contributed by atoms with Gasteiger partial charge in [-0.1, -0.05) is 12.1 Å². The Morgan fingerprint density at radius 3 is 2.48 bits per heavy atom. The van der Waals surface area contributed by atoms with E-state index >= 15 is 0 Å². The molecule has 1 heterocycles. The predicted octanol–water partition coefficient (Wildman–Crippen LogP) is 4.04. The summed E-state index contributed by atoms with van der Waals surface area (Å²) in [5, 5.41) is 10.8. The highest BCUT2D eigenvalue weighted by molar-refractivity contribution is 7.94. The van der Waals surface area contributed by atoms with Crippen LogP contribution < -0.4 is 9.04 Å². The molecule has 0 spiro atoms. The van der Waals surface area contributed by atoms with E-state index in [4.69, 9.17) is 9.84 Å². The van der Waals surface area contributed by atoms with E-state index in [1.165, 1.54) is 23.5 Å². The van der Waals surface area contributed by atoms with Crippen molar-refractivity contribution < 1.29 is 23.1 Å². The quantitative estimate of drug-likeness (QED) is 0.574. The molecule has 0 saturated carbocycles. The van der Waals surface area contributed by atoms with Crippen molar-refractivity contribution in [2.24, 2.45) is 0 Å². The highest BCUT2D eigenvalue weighted by Crippen LogP contribution is 2.38. The van der Waals surface area contributed by atoms with Gasteiger partial charge in [-0.3, -0.25) is 4.31 Å². The van der Waals surface area contributed by atoms with Crippen LogP contribution in [0, 0.1) is 6.92 Å². The zero-order chi connectivity index (χ0) is 22.2. The first-order chi connectivity index (χ1) is 14.8. The van der Waals surface area contributed by atoms with Gasteiger partial charge in [-0.15, -0.1) is 11.3 Å². The third kappa shape index (κ3) is 4.28. The maximum atomic E-state index is 13.1. The summed E-state index contributed by atoms with van der Waals surface area (Å²) >= 11 is 1.10. The number of carbonyl (C=O) groups is 1. The minimum atomic E-state index is -3.81. The van der Waals surface area contributed by atoms with Crippen molar-refractivity contribution in [1.82, 2.24) is 4.98 Å². The summed E-state index contributed by atoms with van der Waals surface area (Å²) in [6.45, 7) is 1.95. The molecule has 0 unspecified atom stereocenters. The first-order valence-electron chi connectivity index (χ1n) is 9.77. The number of sulfonamides is 1. The second kappa shape index (κ2) is 8.32. The lowest BCUT2D eigenvalue weighted by atomic mass is 10.1. The van der Waals surface area contributed by atoms with Gasteiger partial charge in [-0.2, -0.15) is 8.42 Å². The fraction of sp³-hybridized carbons (Fsp3) is 0.273. The van der Waals surface area contributed by atoms with E-state index in [-0.39, 0.29) is 16.5 Å². The molecule has 1 N–H and O–H groups in total. The van der Waals surface area contributed by atoms with Crippen molar-refractivity contribution in [3.8, 4) is 5.75 Å². The van der Waals surface area contributed by atoms with Crippen LogP contribution in [0.15, 0.2) is 46.1 Å². The number of rotatable bonds is 7. The van der Waals surface area contributed by atoms with Crippen LogP contribution >= 0.6 is 11.3 Å². The van der Waals surface area contributed by atoms with Gasteiger partial charge in [-0.25, -0.2) is 9.78 Å². The van der Waals surface area contributed by atoms with Crippen molar-refractivity contribution >= 4 is 33.0 Å². The third-order valence-corrected chi connectivity index (χ3v) is 8.41. The number of aromatic carboxylic acids is 1. The lowest BCUT2D eigenvalue weighted by molar-refractivity contribution is 0.0697. The number of benzene rings is 2. The zero-order valence-corrected chi connectivity index (χ0v) is 18.8. The second-order valence-corrected chi connectivity index (χ2v) is 10.5. The topological polar surface area (TPSA) is 96.8 Å². The Hall–Kier alpha value is -2.91. The molecular formula is C22H22N2O5S2. The molecule has 0 atom stereocenters. The van der Waals surface area contributed by atoms with Gasteiger partial charge in [-0.05, 0) is 67.1 Å². The first kappa shape index (κ1) is 21.3. The van der Waals surface area contributed by atoms with E-state index in [0.29, 0.717) is 17.1 Å². The van der Waals surface area contributed by atoms with Gasteiger partial charge < -0.3 is 9.84 Å². The molecule has 3 aromatic rings. The number of hydrogen-bond acceptors (Lipinski definition) is 6. The van der Waals surface area contributed by atoms with E-state index in [1.807, 2.05) is 12.1 Å². The van der Waals surface area contributed by atoms with Gasteiger partial charge in [0.25, 0.3) is 10.0 Å². The predicted molar refractivity (Wildman–Crippen MR) is 119 cm³/mol.